The van der Waals surface area contributed by atoms with E-state index in [4.69, 9.17) is 113 Å². The van der Waals surface area contributed by atoms with Gasteiger partial charge in [-0.2, -0.15) is 0 Å². The van der Waals surface area contributed by atoms with Crippen LogP contribution in [0, 0.1) is 53.6 Å². The molecule has 0 atom stereocenters. The smallest absolute Gasteiger partial charge is 0.374 e. The Kier molecular flexibility index (Phi) is 50.5. The number of furan rings is 9. The van der Waals surface area contributed by atoms with Gasteiger partial charge in [-0.25, -0.2) is 47.9 Å². The number of aliphatic hydroxyl groups excluding tert-OH is 1. The van der Waals surface area contributed by atoms with Gasteiger partial charge >= 0.3 is 65.7 Å². The number of carboxylic acid groups (broad SMARTS) is 9. The number of rotatable bonds is 20. The highest BCUT2D eigenvalue weighted by Crippen LogP contribution is 2.13. The van der Waals surface area contributed by atoms with E-state index in [9.17, 15) is 67.1 Å². The predicted octanol–water partition coefficient (Wildman–Crippen LogP) is 9.39. The molecule has 560 valence electrons. The first-order chi connectivity index (χ1) is 49.3. The van der Waals surface area contributed by atoms with Crippen molar-refractivity contribution in [1.29, 1.82) is 0 Å². The highest BCUT2D eigenvalue weighted by molar-refractivity contribution is 5.92. The van der Waals surface area contributed by atoms with Gasteiger partial charge in [0.25, 0.3) is 0 Å². The highest BCUT2D eigenvalue weighted by atomic mass is 16.7. The number of aryl methyl sites for hydroxylation is 2. The molecule has 9 heterocycles. The minimum atomic E-state index is -1.28. The minimum Gasteiger partial charge on any atom is -0.475 e. The van der Waals surface area contributed by atoms with Crippen molar-refractivity contribution in [3.63, 3.8) is 0 Å². The molecule has 0 fully saturated rings. The molecule has 0 saturated heterocycles. The number of ether oxygens (including phenoxy) is 3. The van der Waals surface area contributed by atoms with Crippen molar-refractivity contribution in [2.24, 2.45) is 0 Å². The third kappa shape index (κ3) is 40.5. The summed E-state index contributed by atoms with van der Waals surface area (Å²) < 4.78 is 56.4. The lowest BCUT2D eigenvalue weighted by Crippen LogP contribution is -2.03. The molecule has 0 bridgehead atoms. The first-order valence-electron chi connectivity index (χ1n) is 26.7. The van der Waals surface area contributed by atoms with Crippen molar-refractivity contribution in [3.8, 4) is 0 Å². The van der Waals surface area contributed by atoms with Crippen LogP contribution in [-0.4, -0.2) is 149 Å². The minimum absolute atomic E-state index is 0.0726. The SMILES string of the molecule is CC(=O)OCc1ccc(C=O)o1.CCOC(=O)c1ccc(C(=O)O)o1.CCOCc1ccc(C=O)o1.Cc1ccc(C)o1.O=C(O)c1ccc(C(=O)O)o1.O=C(O)c1ccc(C(=O)O)o1.O=C(O)c1ccc(C(=O)O)o1.O=C(O)c1ccc(C(=O)O)o1.O=Cc1ccc(CO)o1.O=O.O=O.O=O.O=O. The Morgan fingerprint density at radius 2 is 0.558 bits per heavy atom. The van der Waals surface area contributed by atoms with Crippen LogP contribution in [0.1, 0.15) is 187 Å². The van der Waals surface area contributed by atoms with Crippen LogP contribution in [0.15, 0.2) is 149 Å². The van der Waals surface area contributed by atoms with Crippen molar-refractivity contribution in [2.75, 3.05) is 13.2 Å². The van der Waals surface area contributed by atoms with Crippen LogP contribution in [-0.2, 0) is 38.8 Å². The van der Waals surface area contributed by atoms with E-state index in [-0.39, 0.29) is 94.9 Å². The van der Waals surface area contributed by atoms with E-state index in [1.807, 2.05) is 32.9 Å². The largest absolute Gasteiger partial charge is 0.475 e. The zero-order chi connectivity index (χ0) is 80.6. The summed E-state index contributed by atoms with van der Waals surface area (Å²) in [5.41, 5.74) is 0. The van der Waals surface area contributed by atoms with E-state index in [0.29, 0.717) is 55.1 Å². The van der Waals surface area contributed by atoms with Gasteiger partial charge in [0.05, 0.1) is 6.61 Å². The third-order valence-electron chi connectivity index (χ3n) is 9.70. The van der Waals surface area contributed by atoms with Gasteiger partial charge in [0.2, 0.25) is 57.6 Å². The maximum atomic E-state index is 11.0. The van der Waals surface area contributed by atoms with E-state index in [0.717, 1.165) is 60.1 Å². The van der Waals surface area contributed by atoms with Crippen molar-refractivity contribution in [3.05, 3.63) is 253 Å². The predicted molar refractivity (Wildman–Crippen MR) is 336 cm³/mol. The molecular formula is C60H56O44. The second-order valence-corrected chi connectivity index (χ2v) is 16.8. The molecule has 9 aromatic rings. The third-order valence-corrected chi connectivity index (χ3v) is 9.70. The highest BCUT2D eigenvalue weighted by Gasteiger charge is 2.18. The molecule has 0 aliphatic carbocycles. The van der Waals surface area contributed by atoms with Crippen LogP contribution >= 0.6 is 0 Å². The van der Waals surface area contributed by atoms with Crippen LogP contribution in [0.4, 0.5) is 0 Å². The van der Waals surface area contributed by atoms with Gasteiger partial charge in [-0.1, -0.05) is 0 Å². The van der Waals surface area contributed by atoms with E-state index < -0.39 is 59.7 Å². The monoisotopic (exact) mass is 1480 g/mol. The number of carbonyl (C=O) groups is 14. The molecule has 0 aliphatic rings. The molecule has 9 rings (SSSR count). The average Bonchev–Trinajstić information content (AvgIpc) is 1.76. The Bertz CT molecular complexity index is 3690. The quantitative estimate of drug-likeness (QED) is 0.0251. The van der Waals surface area contributed by atoms with Crippen molar-refractivity contribution in [1.82, 2.24) is 0 Å². The van der Waals surface area contributed by atoms with Crippen LogP contribution in [0.2, 0.25) is 0 Å². The second-order valence-electron chi connectivity index (χ2n) is 16.8. The Hall–Kier alpha value is -15.0. The maximum Gasteiger partial charge on any atom is 0.374 e. The maximum absolute atomic E-state index is 11.0. The molecule has 9 aromatic heterocycles. The number of hydrogen-bond acceptors (Lipinski definition) is 35. The number of aliphatic hydroxyl groups is 1. The molecule has 0 aromatic carbocycles. The standard InChI is InChI=1S/C8H8O5.C8H8O4.C8H10O3.4C6H4O5.C6H6O3.C6H8O.4O2/c1-2-12-8(11)6-4-3-5(13-6)7(9)10;1-6(10)11-5-8-3-2-7(4-9)12-8;1-2-10-6-8-4-3-7(5-9)11-8;4*7-5(8)3-1-2-4(11-3)6(9)10;7-3-5-1-2-6(4-8)9-5;1-5-3-4-6(2)7-5;4*1-2/h3-4H,2H2,1H3,(H,9,10);2-4H,5H2,1H3;3-5H,2,6H2,1H3;4*1-2H,(H,7,8)(H,9,10);1-3,8H,4H2;3-4H,1-2H3;;;;. The molecule has 0 amide bonds. The number of aldehydes is 3. The molecule has 0 spiro atoms. The summed E-state index contributed by atoms with van der Waals surface area (Å²) in [6.07, 6.45) is 1.87. The Labute approximate surface area is 575 Å². The number of aromatic carboxylic acids is 9. The van der Waals surface area contributed by atoms with E-state index >= 15 is 0 Å². The fourth-order valence-electron chi connectivity index (χ4n) is 5.58. The van der Waals surface area contributed by atoms with Crippen LogP contribution in [0.3, 0.4) is 0 Å². The molecule has 0 unspecified atom stereocenters. The first-order valence-corrected chi connectivity index (χ1v) is 26.7. The zero-order valence-corrected chi connectivity index (χ0v) is 53.5. The zero-order valence-electron chi connectivity index (χ0n) is 53.5. The van der Waals surface area contributed by atoms with Gasteiger partial charge in [-0.05, 0) is 137 Å². The summed E-state index contributed by atoms with van der Waals surface area (Å²) in [5, 5.41) is 83.2. The van der Waals surface area contributed by atoms with Crippen LogP contribution in [0.25, 0.3) is 0 Å². The van der Waals surface area contributed by atoms with E-state index in [1.54, 1.807) is 31.2 Å². The van der Waals surface area contributed by atoms with E-state index in [2.05, 4.69) is 31.6 Å². The van der Waals surface area contributed by atoms with Gasteiger partial charge in [0.15, 0.2) is 36.1 Å². The van der Waals surface area contributed by atoms with Crippen LogP contribution < -0.4 is 0 Å². The van der Waals surface area contributed by atoms with E-state index in [1.165, 1.54) is 31.2 Å². The normalized spacial score (nSPS) is 8.94. The Balaban J connectivity index is -0.000000535. The molecule has 44 nitrogen and oxygen atoms in total. The number of esters is 2. The Morgan fingerprint density at radius 1 is 0.317 bits per heavy atom. The lowest BCUT2D eigenvalue weighted by Gasteiger charge is -1.96. The molecule has 0 radical (unpaired) electrons. The molecule has 0 saturated carbocycles. The number of hydrogen-bond donors (Lipinski definition) is 10. The first kappa shape index (κ1) is 95.4. The lowest BCUT2D eigenvalue weighted by molar-refractivity contribution is -0.142. The molecule has 104 heavy (non-hydrogen) atoms. The summed E-state index contributed by atoms with van der Waals surface area (Å²) >= 11 is 0. The number of carboxylic acids is 9. The van der Waals surface area contributed by atoms with Crippen LogP contribution in [0.5, 0.6) is 0 Å². The fraction of sp³-hybridized carbons (Fsp3) is 0.167. The van der Waals surface area contributed by atoms with Gasteiger partial charge in [-0.15, -0.1) is 0 Å². The fourth-order valence-corrected chi connectivity index (χ4v) is 5.58. The molecule has 0 aliphatic heterocycles. The summed E-state index contributed by atoms with van der Waals surface area (Å²) in [4.78, 5) is 199. The molecule has 44 heteroatoms. The van der Waals surface area contributed by atoms with Crippen molar-refractivity contribution >= 4 is 84.5 Å². The van der Waals surface area contributed by atoms with Gasteiger partial charge in [0, 0.05) is 53.2 Å². The molecular weight excluding hydrogens is 1420 g/mol. The summed E-state index contributed by atoms with van der Waals surface area (Å²) in [6.45, 7) is 9.96. The Morgan fingerprint density at radius 3 is 0.740 bits per heavy atom. The topological polar surface area (TPSA) is 724 Å². The van der Waals surface area contributed by atoms with Gasteiger partial charge in [-0.3, -0.25) is 19.2 Å². The summed E-state index contributed by atoms with van der Waals surface area (Å²) in [5.74, 6) is -11.5. The summed E-state index contributed by atoms with van der Waals surface area (Å²) in [6, 6.07) is 24.6. The lowest BCUT2D eigenvalue weighted by atomic mass is 10.4. The second kappa shape index (κ2) is 55.1. The van der Waals surface area contributed by atoms with Gasteiger partial charge in [0.1, 0.15) is 48.6 Å². The number of carbonyl (C=O) groups excluding carboxylic acids is 5. The van der Waals surface area contributed by atoms with Crippen molar-refractivity contribution in [2.45, 2.75) is 54.4 Å². The summed E-state index contributed by atoms with van der Waals surface area (Å²) in [7, 11) is 0. The average molecular weight is 1480 g/mol. The molecule has 10 N–H and O–H groups in total. The van der Waals surface area contributed by atoms with Gasteiger partial charge < -0.3 is 105 Å². The van der Waals surface area contributed by atoms with Crippen molar-refractivity contribution < 1.29 is 172 Å².